The Morgan fingerprint density at radius 2 is 2.00 bits per heavy atom. The van der Waals surface area contributed by atoms with E-state index in [1.807, 2.05) is 0 Å². The van der Waals surface area contributed by atoms with E-state index >= 15 is 0 Å². The summed E-state index contributed by atoms with van der Waals surface area (Å²) in [7, 11) is 0. The SMILES string of the molecule is CCC=CCN1CCOCC1. The van der Waals surface area contributed by atoms with E-state index in [1.165, 1.54) is 0 Å². The standard InChI is InChI=1S/C9H17NO/c1-2-3-4-5-10-6-8-11-9-7-10/h3-4H,2,5-9H2,1H3. The average Bonchev–Trinajstić information content (AvgIpc) is 2.07. The van der Waals surface area contributed by atoms with Gasteiger partial charge in [-0.25, -0.2) is 0 Å². The van der Waals surface area contributed by atoms with Crippen molar-refractivity contribution in [1.82, 2.24) is 4.90 Å². The van der Waals surface area contributed by atoms with Crippen molar-refractivity contribution in [3.8, 4) is 0 Å². The number of ether oxygens (including phenoxy) is 1. The zero-order chi connectivity index (χ0) is 7.94. The van der Waals surface area contributed by atoms with Gasteiger partial charge in [0.2, 0.25) is 0 Å². The van der Waals surface area contributed by atoms with E-state index in [9.17, 15) is 0 Å². The van der Waals surface area contributed by atoms with Gasteiger partial charge in [-0.3, -0.25) is 4.90 Å². The lowest BCUT2D eigenvalue weighted by atomic mass is 10.3. The van der Waals surface area contributed by atoms with Crippen LogP contribution in [0.3, 0.4) is 0 Å². The first-order valence-electron chi connectivity index (χ1n) is 4.38. The molecule has 0 unspecified atom stereocenters. The first-order chi connectivity index (χ1) is 5.43. The summed E-state index contributed by atoms with van der Waals surface area (Å²) in [6.45, 7) is 7.25. The molecule has 0 amide bonds. The Labute approximate surface area is 68.8 Å². The summed E-state index contributed by atoms with van der Waals surface area (Å²) in [4.78, 5) is 2.41. The van der Waals surface area contributed by atoms with E-state index in [4.69, 9.17) is 4.74 Å². The minimum atomic E-state index is 0.903. The lowest BCUT2D eigenvalue weighted by Gasteiger charge is -2.25. The molecule has 0 aromatic rings. The average molecular weight is 155 g/mol. The Balaban J connectivity index is 2.09. The number of hydrogen-bond acceptors (Lipinski definition) is 2. The lowest BCUT2D eigenvalue weighted by Crippen LogP contribution is -2.36. The molecule has 0 spiro atoms. The van der Waals surface area contributed by atoms with Gasteiger partial charge in [0, 0.05) is 19.6 Å². The Morgan fingerprint density at radius 3 is 2.64 bits per heavy atom. The first-order valence-corrected chi connectivity index (χ1v) is 4.38. The Kier molecular flexibility index (Phi) is 4.24. The van der Waals surface area contributed by atoms with Gasteiger partial charge in [-0.15, -0.1) is 0 Å². The zero-order valence-corrected chi connectivity index (χ0v) is 7.25. The molecule has 11 heavy (non-hydrogen) atoms. The molecular weight excluding hydrogens is 138 g/mol. The van der Waals surface area contributed by atoms with Crippen LogP contribution < -0.4 is 0 Å². The molecule has 1 aliphatic heterocycles. The van der Waals surface area contributed by atoms with Crippen molar-refractivity contribution >= 4 is 0 Å². The maximum absolute atomic E-state index is 5.24. The predicted molar refractivity (Wildman–Crippen MR) is 46.7 cm³/mol. The lowest BCUT2D eigenvalue weighted by molar-refractivity contribution is 0.0434. The van der Waals surface area contributed by atoms with Crippen LogP contribution >= 0.6 is 0 Å². The Bertz CT molecular complexity index is 117. The topological polar surface area (TPSA) is 12.5 Å². The molecule has 0 saturated carbocycles. The molecule has 0 radical (unpaired) electrons. The molecule has 2 heteroatoms. The van der Waals surface area contributed by atoms with E-state index in [-0.39, 0.29) is 0 Å². The highest BCUT2D eigenvalue weighted by molar-refractivity contribution is 4.84. The van der Waals surface area contributed by atoms with Crippen molar-refractivity contribution in [3.63, 3.8) is 0 Å². The monoisotopic (exact) mass is 155 g/mol. The molecule has 0 N–H and O–H groups in total. The van der Waals surface area contributed by atoms with E-state index < -0.39 is 0 Å². The van der Waals surface area contributed by atoms with Crippen LogP contribution in [0.15, 0.2) is 12.2 Å². The molecular formula is C9H17NO. The molecule has 1 saturated heterocycles. The van der Waals surface area contributed by atoms with Crippen molar-refractivity contribution in [3.05, 3.63) is 12.2 Å². The van der Waals surface area contributed by atoms with Crippen LogP contribution in [-0.2, 0) is 4.74 Å². The van der Waals surface area contributed by atoms with Crippen molar-refractivity contribution < 1.29 is 4.74 Å². The molecule has 64 valence electrons. The van der Waals surface area contributed by atoms with Crippen LogP contribution in [0.5, 0.6) is 0 Å². The van der Waals surface area contributed by atoms with Crippen LogP contribution in [0.2, 0.25) is 0 Å². The number of allylic oxidation sites excluding steroid dienone is 1. The first kappa shape index (κ1) is 8.75. The fraction of sp³-hybridized carbons (Fsp3) is 0.778. The normalized spacial score (nSPS) is 21.2. The van der Waals surface area contributed by atoms with Crippen LogP contribution in [0.1, 0.15) is 13.3 Å². The minimum absolute atomic E-state index is 0.903. The second kappa shape index (κ2) is 5.33. The van der Waals surface area contributed by atoms with Gasteiger partial charge in [0.1, 0.15) is 0 Å². The largest absolute Gasteiger partial charge is 0.379 e. The number of hydrogen-bond donors (Lipinski definition) is 0. The summed E-state index contributed by atoms with van der Waals surface area (Å²) in [6, 6.07) is 0. The maximum atomic E-state index is 5.24. The van der Waals surface area contributed by atoms with Crippen molar-refractivity contribution in [2.75, 3.05) is 32.8 Å². The number of rotatable bonds is 3. The van der Waals surface area contributed by atoms with E-state index in [0.717, 1.165) is 39.3 Å². The fourth-order valence-corrected chi connectivity index (χ4v) is 1.17. The Hall–Kier alpha value is -0.340. The second-order valence-electron chi connectivity index (χ2n) is 2.79. The van der Waals surface area contributed by atoms with Gasteiger partial charge in [-0.1, -0.05) is 19.1 Å². The minimum Gasteiger partial charge on any atom is -0.379 e. The molecule has 1 aliphatic rings. The molecule has 1 rings (SSSR count). The van der Waals surface area contributed by atoms with Gasteiger partial charge in [-0.2, -0.15) is 0 Å². The third-order valence-electron chi connectivity index (χ3n) is 1.87. The molecule has 0 atom stereocenters. The number of nitrogens with zero attached hydrogens (tertiary/aromatic N) is 1. The Morgan fingerprint density at radius 1 is 1.27 bits per heavy atom. The second-order valence-corrected chi connectivity index (χ2v) is 2.79. The highest BCUT2D eigenvalue weighted by Crippen LogP contribution is 1.96. The highest BCUT2D eigenvalue weighted by atomic mass is 16.5. The molecule has 0 aromatic heterocycles. The van der Waals surface area contributed by atoms with Gasteiger partial charge >= 0.3 is 0 Å². The molecule has 0 bridgehead atoms. The van der Waals surface area contributed by atoms with Crippen LogP contribution in [-0.4, -0.2) is 37.7 Å². The third-order valence-corrected chi connectivity index (χ3v) is 1.87. The van der Waals surface area contributed by atoms with Gasteiger partial charge in [0.25, 0.3) is 0 Å². The van der Waals surface area contributed by atoms with Crippen LogP contribution in [0, 0.1) is 0 Å². The quantitative estimate of drug-likeness (QED) is 0.569. The van der Waals surface area contributed by atoms with E-state index in [1.54, 1.807) is 0 Å². The van der Waals surface area contributed by atoms with Gasteiger partial charge in [-0.05, 0) is 6.42 Å². The van der Waals surface area contributed by atoms with Gasteiger partial charge < -0.3 is 4.74 Å². The third kappa shape index (κ3) is 3.54. The van der Waals surface area contributed by atoms with Crippen molar-refractivity contribution in [1.29, 1.82) is 0 Å². The highest BCUT2D eigenvalue weighted by Gasteiger charge is 2.06. The summed E-state index contributed by atoms with van der Waals surface area (Å²) >= 11 is 0. The maximum Gasteiger partial charge on any atom is 0.0594 e. The summed E-state index contributed by atoms with van der Waals surface area (Å²) in [5, 5.41) is 0. The molecule has 2 nitrogen and oxygen atoms in total. The van der Waals surface area contributed by atoms with Crippen molar-refractivity contribution in [2.24, 2.45) is 0 Å². The summed E-state index contributed by atoms with van der Waals surface area (Å²) in [6.07, 6.45) is 5.60. The smallest absolute Gasteiger partial charge is 0.0594 e. The summed E-state index contributed by atoms with van der Waals surface area (Å²) in [5.41, 5.74) is 0. The van der Waals surface area contributed by atoms with Crippen LogP contribution in [0.4, 0.5) is 0 Å². The predicted octanol–water partition coefficient (Wildman–Crippen LogP) is 1.28. The molecule has 0 aromatic carbocycles. The van der Waals surface area contributed by atoms with Gasteiger partial charge in [0.15, 0.2) is 0 Å². The van der Waals surface area contributed by atoms with Gasteiger partial charge in [0.05, 0.1) is 13.2 Å². The molecule has 0 aliphatic carbocycles. The molecule has 1 fully saturated rings. The molecule has 1 heterocycles. The summed E-state index contributed by atoms with van der Waals surface area (Å²) in [5.74, 6) is 0. The summed E-state index contributed by atoms with van der Waals surface area (Å²) < 4.78 is 5.24. The fourth-order valence-electron chi connectivity index (χ4n) is 1.17. The van der Waals surface area contributed by atoms with Crippen LogP contribution in [0.25, 0.3) is 0 Å². The van der Waals surface area contributed by atoms with E-state index in [0.29, 0.717) is 0 Å². The number of morpholine rings is 1. The zero-order valence-electron chi connectivity index (χ0n) is 7.25. The van der Waals surface area contributed by atoms with Crippen molar-refractivity contribution in [2.45, 2.75) is 13.3 Å². The van der Waals surface area contributed by atoms with E-state index in [2.05, 4.69) is 24.0 Å².